The third-order valence-corrected chi connectivity index (χ3v) is 4.28. The van der Waals surface area contributed by atoms with Gasteiger partial charge in [-0.15, -0.1) is 0 Å². The molecule has 2 aromatic heterocycles. The van der Waals surface area contributed by atoms with E-state index in [-0.39, 0.29) is 11.9 Å². The maximum atomic E-state index is 12.8. The lowest BCUT2D eigenvalue weighted by atomic mass is 10.1. The van der Waals surface area contributed by atoms with Gasteiger partial charge < -0.3 is 13.9 Å². The SMILES string of the molecule is Cc1cc([C@H]2CCCN2C(=O)c2cc(-c3ccccc3)on2)on1. The molecule has 0 aliphatic carbocycles. The first-order valence-corrected chi connectivity index (χ1v) is 7.99. The van der Waals surface area contributed by atoms with Crippen LogP contribution in [0.1, 0.15) is 40.8 Å². The molecule has 4 rings (SSSR count). The van der Waals surface area contributed by atoms with Crippen molar-refractivity contribution in [2.75, 3.05) is 6.54 Å². The van der Waals surface area contributed by atoms with Crippen LogP contribution in [0, 0.1) is 6.92 Å². The number of carbonyl (C=O) groups excluding carboxylic acids is 1. The summed E-state index contributed by atoms with van der Waals surface area (Å²) in [5, 5.41) is 7.88. The van der Waals surface area contributed by atoms with E-state index in [4.69, 9.17) is 9.05 Å². The highest BCUT2D eigenvalue weighted by Gasteiger charge is 2.34. The van der Waals surface area contributed by atoms with Crippen molar-refractivity contribution in [3.63, 3.8) is 0 Å². The highest BCUT2D eigenvalue weighted by Crippen LogP contribution is 2.33. The number of amides is 1. The van der Waals surface area contributed by atoms with Gasteiger partial charge in [0.15, 0.2) is 17.2 Å². The molecule has 3 heterocycles. The van der Waals surface area contributed by atoms with Gasteiger partial charge >= 0.3 is 0 Å². The Kier molecular flexibility index (Phi) is 3.65. The van der Waals surface area contributed by atoms with Gasteiger partial charge in [0.1, 0.15) is 0 Å². The molecule has 0 saturated carbocycles. The predicted octanol–water partition coefficient (Wildman–Crippen LogP) is 3.62. The van der Waals surface area contributed by atoms with E-state index in [1.54, 1.807) is 11.0 Å². The Morgan fingerprint density at radius 3 is 2.75 bits per heavy atom. The van der Waals surface area contributed by atoms with Gasteiger partial charge in [-0.1, -0.05) is 40.6 Å². The standard InChI is InChI=1S/C18H17N3O3/c1-12-10-17(24-19-12)15-8-5-9-21(15)18(22)14-11-16(23-20-14)13-6-3-2-4-7-13/h2-4,6-7,10-11,15H,5,8-9H2,1H3/t15-/m1/s1. The molecular formula is C18H17N3O3. The van der Waals surface area contributed by atoms with Gasteiger partial charge in [0.25, 0.3) is 5.91 Å². The molecule has 0 bridgehead atoms. The summed E-state index contributed by atoms with van der Waals surface area (Å²) in [6, 6.07) is 13.1. The minimum Gasteiger partial charge on any atom is -0.359 e. The maximum Gasteiger partial charge on any atom is 0.276 e. The zero-order chi connectivity index (χ0) is 16.5. The number of hydrogen-bond donors (Lipinski definition) is 0. The van der Waals surface area contributed by atoms with Gasteiger partial charge in [-0.05, 0) is 19.8 Å². The Balaban J connectivity index is 1.58. The normalized spacial score (nSPS) is 17.4. The first-order chi connectivity index (χ1) is 11.7. The lowest BCUT2D eigenvalue weighted by Crippen LogP contribution is -2.30. The van der Waals surface area contributed by atoms with Crippen molar-refractivity contribution in [2.45, 2.75) is 25.8 Å². The molecule has 122 valence electrons. The number of aryl methyl sites for hydroxylation is 1. The number of hydrogen-bond acceptors (Lipinski definition) is 5. The average Bonchev–Trinajstić information content (AvgIpc) is 3.35. The van der Waals surface area contributed by atoms with Crippen molar-refractivity contribution in [3.8, 4) is 11.3 Å². The summed E-state index contributed by atoms with van der Waals surface area (Å²) < 4.78 is 10.7. The Hall–Kier alpha value is -2.89. The maximum absolute atomic E-state index is 12.8. The third-order valence-electron chi connectivity index (χ3n) is 4.28. The molecule has 0 radical (unpaired) electrons. The van der Waals surface area contributed by atoms with Gasteiger partial charge in [0, 0.05) is 24.2 Å². The van der Waals surface area contributed by atoms with Gasteiger partial charge in [-0.25, -0.2) is 0 Å². The fourth-order valence-electron chi connectivity index (χ4n) is 3.11. The largest absolute Gasteiger partial charge is 0.359 e. The number of benzene rings is 1. The molecule has 1 atom stereocenters. The van der Waals surface area contributed by atoms with Gasteiger partial charge in [0.2, 0.25) is 0 Å². The molecule has 3 aromatic rings. The molecule has 1 fully saturated rings. The summed E-state index contributed by atoms with van der Waals surface area (Å²) in [6.45, 7) is 2.55. The molecule has 1 aliphatic rings. The number of likely N-dealkylation sites (tertiary alicyclic amines) is 1. The summed E-state index contributed by atoms with van der Waals surface area (Å²) in [5.74, 6) is 1.17. The van der Waals surface area contributed by atoms with E-state index >= 15 is 0 Å². The van der Waals surface area contributed by atoms with E-state index in [9.17, 15) is 4.79 Å². The van der Waals surface area contributed by atoms with Gasteiger partial charge in [-0.2, -0.15) is 0 Å². The van der Waals surface area contributed by atoms with Crippen molar-refractivity contribution < 1.29 is 13.8 Å². The summed E-state index contributed by atoms with van der Waals surface area (Å²) in [7, 11) is 0. The van der Waals surface area contributed by atoms with Crippen LogP contribution >= 0.6 is 0 Å². The lowest BCUT2D eigenvalue weighted by molar-refractivity contribution is 0.0704. The van der Waals surface area contributed by atoms with Crippen molar-refractivity contribution in [2.24, 2.45) is 0 Å². The van der Waals surface area contributed by atoms with Crippen LogP contribution in [-0.2, 0) is 0 Å². The van der Waals surface area contributed by atoms with E-state index < -0.39 is 0 Å². The highest BCUT2D eigenvalue weighted by molar-refractivity contribution is 5.93. The Morgan fingerprint density at radius 1 is 1.17 bits per heavy atom. The Bertz CT molecular complexity index is 853. The molecule has 0 spiro atoms. The zero-order valence-corrected chi connectivity index (χ0v) is 13.3. The van der Waals surface area contributed by atoms with Crippen LogP contribution in [0.15, 0.2) is 51.5 Å². The van der Waals surface area contributed by atoms with Gasteiger partial charge in [-0.3, -0.25) is 4.79 Å². The van der Waals surface area contributed by atoms with E-state index in [2.05, 4.69) is 10.3 Å². The first kappa shape index (κ1) is 14.7. The molecule has 6 nitrogen and oxygen atoms in total. The summed E-state index contributed by atoms with van der Waals surface area (Å²) in [5.41, 5.74) is 2.03. The molecule has 1 saturated heterocycles. The van der Waals surface area contributed by atoms with Gasteiger partial charge in [0.05, 0.1) is 11.7 Å². The topological polar surface area (TPSA) is 72.4 Å². The second-order valence-corrected chi connectivity index (χ2v) is 5.97. The fraction of sp³-hybridized carbons (Fsp3) is 0.278. The molecular weight excluding hydrogens is 306 g/mol. The van der Waals surface area contributed by atoms with Crippen LogP contribution < -0.4 is 0 Å². The predicted molar refractivity (Wildman–Crippen MR) is 86.2 cm³/mol. The fourth-order valence-corrected chi connectivity index (χ4v) is 3.11. The molecule has 0 N–H and O–H groups in total. The molecule has 0 unspecified atom stereocenters. The summed E-state index contributed by atoms with van der Waals surface area (Å²) in [6.07, 6.45) is 1.79. The van der Waals surface area contributed by atoms with Crippen LogP contribution in [0.5, 0.6) is 0 Å². The highest BCUT2D eigenvalue weighted by atomic mass is 16.5. The monoisotopic (exact) mass is 323 g/mol. The van der Waals surface area contributed by atoms with E-state index in [0.717, 1.165) is 29.9 Å². The molecule has 1 aromatic carbocycles. The van der Waals surface area contributed by atoms with E-state index in [1.165, 1.54) is 0 Å². The van der Waals surface area contributed by atoms with Crippen molar-refractivity contribution in [1.29, 1.82) is 0 Å². The summed E-state index contributed by atoms with van der Waals surface area (Å²) >= 11 is 0. The minimum atomic E-state index is -0.141. The summed E-state index contributed by atoms with van der Waals surface area (Å²) in [4.78, 5) is 14.6. The van der Waals surface area contributed by atoms with Crippen molar-refractivity contribution in [1.82, 2.24) is 15.2 Å². The first-order valence-electron chi connectivity index (χ1n) is 7.99. The molecule has 6 heteroatoms. The second-order valence-electron chi connectivity index (χ2n) is 5.97. The third kappa shape index (κ3) is 2.60. The smallest absolute Gasteiger partial charge is 0.276 e. The van der Waals surface area contributed by atoms with Crippen LogP contribution in [0.25, 0.3) is 11.3 Å². The average molecular weight is 323 g/mol. The van der Waals surface area contributed by atoms with Crippen molar-refractivity contribution >= 4 is 5.91 Å². The van der Waals surface area contributed by atoms with E-state index in [0.29, 0.717) is 18.0 Å². The number of aromatic nitrogens is 2. The van der Waals surface area contributed by atoms with Crippen LogP contribution in [-0.4, -0.2) is 27.7 Å². The molecule has 1 amide bonds. The second kappa shape index (κ2) is 5.96. The number of carbonyl (C=O) groups is 1. The van der Waals surface area contributed by atoms with Crippen LogP contribution in [0.3, 0.4) is 0 Å². The quantitative estimate of drug-likeness (QED) is 0.736. The number of rotatable bonds is 3. The van der Waals surface area contributed by atoms with Crippen LogP contribution in [0.2, 0.25) is 0 Å². The molecule has 24 heavy (non-hydrogen) atoms. The minimum absolute atomic E-state index is 0.0874. The zero-order valence-electron chi connectivity index (χ0n) is 13.3. The Morgan fingerprint density at radius 2 is 2.00 bits per heavy atom. The Labute approximate surface area is 139 Å². The van der Waals surface area contributed by atoms with E-state index in [1.807, 2.05) is 43.3 Å². The van der Waals surface area contributed by atoms with Crippen molar-refractivity contribution in [3.05, 3.63) is 59.6 Å². The molecule has 1 aliphatic heterocycles. The lowest BCUT2D eigenvalue weighted by Gasteiger charge is -2.21. The van der Waals surface area contributed by atoms with Crippen LogP contribution in [0.4, 0.5) is 0 Å². The number of nitrogens with zero attached hydrogens (tertiary/aromatic N) is 3.